The van der Waals surface area contributed by atoms with Crippen molar-refractivity contribution in [3.8, 4) is 11.5 Å². The van der Waals surface area contributed by atoms with Crippen molar-refractivity contribution in [2.45, 2.75) is 23.6 Å². The molecule has 14 heteroatoms. The molecule has 0 unspecified atom stereocenters. The molecule has 0 bridgehead atoms. The van der Waals surface area contributed by atoms with E-state index in [9.17, 15) is 45.7 Å². The first kappa shape index (κ1) is 28.8. The van der Waals surface area contributed by atoms with Gasteiger partial charge in [-0.15, -0.1) is 0 Å². The van der Waals surface area contributed by atoms with Crippen molar-refractivity contribution in [2.75, 3.05) is 10.6 Å². The van der Waals surface area contributed by atoms with Crippen molar-refractivity contribution < 1.29 is 45.7 Å². The van der Waals surface area contributed by atoms with Gasteiger partial charge in [0.15, 0.2) is 0 Å². The highest BCUT2D eigenvalue weighted by Gasteiger charge is 2.38. The number of benzene rings is 4. The molecule has 0 fully saturated rings. The molecule has 0 heterocycles. The van der Waals surface area contributed by atoms with Gasteiger partial charge in [0.1, 0.15) is 21.3 Å². The monoisotopic (exact) mass is 610 g/mol. The Morgan fingerprint density at radius 2 is 0.857 bits per heavy atom. The van der Waals surface area contributed by atoms with E-state index in [2.05, 4.69) is 10.6 Å². The summed E-state index contributed by atoms with van der Waals surface area (Å²) < 4.78 is 67.5. The van der Waals surface area contributed by atoms with E-state index >= 15 is 0 Å². The fourth-order valence-corrected chi connectivity index (χ4v) is 6.22. The Hall–Kier alpha value is -4.76. The lowest BCUT2D eigenvalue weighted by Gasteiger charge is -2.25. The van der Waals surface area contributed by atoms with Crippen LogP contribution in [0.5, 0.6) is 11.5 Å². The molecule has 0 amide bonds. The third-order valence-electron chi connectivity index (χ3n) is 6.64. The van der Waals surface area contributed by atoms with Gasteiger partial charge in [0, 0.05) is 0 Å². The second-order valence-corrected chi connectivity index (χ2v) is 12.4. The summed E-state index contributed by atoms with van der Waals surface area (Å²) in [5.41, 5.74) is -1.13. The molecule has 6 N–H and O–H groups in total. The minimum absolute atomic E-state index is 0.106. The summed E-state index contributed by atoms with van der Waals surface area (Å²) in [6.45, 7) is 3.20. The Morgan fingerprint density at radius 1 is 0.524 bits per heavy atom. The molecule has 4 aromatic carbocycles. The Balaban J connectivity index is 1.68. The van der Waals surface area contributed by atoms with Crippen LogP contribution in [0, 0.1) is 13.8 Å². The van der Waals surface area contributed by atoms with E-state index in [-0.39, 0.29) is 33.9 Å². The van der Waals surface area contributed by atoms with Gasteiger partial charge in [-0.3, -0.25) is 18.7 Å². The Morgan fingerprint density at radius 3 is 1.19 bits per heavy atom. The molecular formula is C28H22N2O10S2. The van der Waals surface area contributed by atoms with Gasteiger partial charge >= 0.3 is 0 Å². The predicted octanol–water partition coefficient (Wildman–Crippen LogP) is 4.47. The minimum Gasteiger partial charge on any atom is -0.507 e. The molecule has 0 saturated heterocycles. The quantitative estimate of drug-likeness (QED) is 0.116. The van der Waals surface area contributed by atoms with Gasteiger partial charge < -0.3 is 20.8 Å². The fraction of sp³-hybridized carbons (Fsp3) is 0.0714. The number of aromatic hydroxyl groups is 2. The first-order valence-electron chi connectivity index (χ1n) is 12.1. The van der Waals surface area contributed by atoms with Gasteiger partial charge in [0.05, 0.1) is 45.0 Å². The van der Waals surface area contributed by atoms with Crippen LogP contribution in [0.25, 0.3) is 0 Å². The Kier molecular flexibility index (Phi) is 6.82. The van der Waals surface area contributed by atoms with Crippen LogP contribution in [0.2, 0.25) is 0 Å². The minimum atomic E-state index is -4.71. The molecule has 42 heavy (non-hydrogen) atoms. The molecule has 1 aliphatic carbocycles. The molecule has 12 nitrogen and oxygen atoms in total. The largest absolute Gasteiger partial charge is 0.507 e. The average Bonchev–Trinajstić information content (AvgIpc) is 2.89. The SMILES string of the molecule is Cc1ccc(Nc2ccc(O)c3c2C(=O)c2c(O)ccc(Nc4ccc(C)cc4S(=O)(=O)O)c2C3=O)c(S(=O)(=O)O)c1. The fourth-order valence-electron chi connectivity index (χ4n) is 4.76. The van der Waals surface area contributed by atoms with Crippen molar-refractivity contribution in [1.82, 2.24) is 0 Å². The molecule has 0 atom stereocenters. The molecule has 0 aliphatic heterocycles. The molecular weight excluding hydrogens is 588 g/mol. The summed E-state index contributed by atoms with van der Waals surface area (Å²) in [5, 5.41) is 26.8. The summed E-state index contributed by atoms with van der Waals surface area (Å²) in [7, 11) is -9.42. The molecule has 0 aromatic heterocycles. The molecule has 1 aliphatic rings. The topological polar surface area (TPSA) is 207 Å². The van der Waals surface area contributed by atoms with Crippen LogP contribution < -0.4 is 10.6 Å². The third kappa shape index (κ3) is 4.96. The zero-order chi connectivity index (χ0) is 30.7. The zero-order valence-corrected chi connectivity index (χ0v) is 23.5. The first-order valence-corrected chi connectivity index (χ1v) is 15.0. The van der Waals surface area contributed by atoms with Crippen LogP contribution in [0.15, 0.2) is 70.5 Å². The summed E-state index contributed by atoms with van der Waals surface area (Å²) in [5.74, 6) is -3.03. The second-order valence-electron chi connectivity index (χ2n) is 9.62. The van der Waals surface area contributed by atoms with Crippen molar-refractivity contribution in [3.63, 3.8) is 0 Å². The summed E-state index contributed by atoms with van der Waals surface area (Å²) in [4.78, 5) is 26.7. The van der Waals surface area contributed by atoms with Crippen LogP contribution in [-0.2, 0) is 20.2 Å². The van der Waals surface area contributed by atoms with Crippen molar-refractivity contribution >= 4 is 54.6 Å². The number of nitrogens with one attached hydrogen (secondary N) is 2. The van der Waals surface area contributed by atoms with Gasteiger partial charge in [-0.25, -0.2) is 0 Å². The highest BCUT2D eigenvalue weighted by atomic mass is 32.2. The number of phenols is 2. The number of aryl methyl sites for hydroxylation is 2. The smallest absolute Gasteiger partial charge is 0.296 e. The van der Waals surface area contributed by atoms with E-state index in [1.165, 1.54) is 36.4 Å². The van der Waals surface area contributed by atoms with E-state index in [0.717, 1.165) is 12.1 Å². The molecule has 216 valence electrons. The number of hydrogen-bond acceptors (Lipinski definition) is 10. The van der Waals surface area contributed by atoms with Gasteiger partial charge in [0.25, 0.3) is 20.2 Å². The molecule has 0 radical (unpaired) electrons. The molecule has 0 saturated carbocycles. The lowest BCUT2D eigenvalue weighted by atomic mass is 9.81. The number of carbonyl (C=O) groups excluding carboxylic acids is 2. The lowest BCUT2D eigenvalue weighted by molar-refractivity contribution is 0.0975. The standard InChI is InChI=1S/C28H22N2O10S2/c1-13-3-5-15(21(11-13)41(35,36)37)29-17-7-9-19(31)25-23(17)27(33)26-20(32)10-8-18(24(26)28(25)34)30-16-6-4-14(2)12-22(16)42(38,39)40/h3-12,29-32H,1-2H3,(H,35,36,37)(H,38,39,40). The molecule has 4 aromatic rings. The van der Waals surface area contributed by atoms with E-state index < -0.39 is 64.2 Å². The number of hydrogen-bond donors (Lipinski definition) is 6. The van der Waals surface area contributed by atoms with Crippen molar-refractivity contribution in [2.24, 2.45) is 0 Å². The average molecular weight is 611 g/mol. The maximum Gasteiger partial charge on any atom is 0.296 e. The lowest BCUT2D eigenvalue weighted by Crippen LogP contribution is -2.24. The summed E-state index contributed by atoms with van der Waals surface area (Å²) >= 11 is 0. The van der Waals surface area contributed by atoms with Crippen LogP contribution in [-0.4, -0.2) is 47.7 Å². The zero-order valence-electron chi connectivity index (χ0n) is 21.8. The van der Waals surface area contributed by atoms with Crippen LogP contribution in [0.4, 0.5) is 22.7 Å². The van der Waals surface area contributed by atoms with E-state index in [0.29, 0.717) is 11.1 Å². The van der Waals surface area contributed by atoms with Gasteiger partial charge in [-0.05, 0) is 73.5 Å². The highest BCUT2D eigenvalue weighted by molar-refractivity contribution is 7.86. The number of phenolic OH excluding ortho intramolecular Hbond substituents is 2. The molecule has 5 rings (SSSR count). The third-order valence-corrected chi connectivity index (χ3v) is 8.43. The van der Waals surface area contributed by atoms with Crippen LogP contribution >= 0.6 is 0 Å². The number of ketones is 2. The van der Waals surface area contributed by atoms with E-state index in [4.69, 9.17) is 0 Å². The first-order chi connectivity index (χ1) is 19.6. The van der Waals surface area contributed by atoms with Gasteiger partial charge in [-0.1, -0.05) is 12.1 Å². The highest BCUT2D eigenvalue weighted by Crippen LogP contribution is 2.44. The Labute approximate surface area is 239 Å². The number of rotatable bonds is 6. The number of carbonyl (C=O) groups is 2. The maximum absolute atomic E-state index is 13.9. The Bertz CT molecular complexity index is 1920. The van der Waals surface area contributed by atoms with Gasteiger partial charge in [0.2, 0.25) is 11.6 Å². The van der Waals surface area contributed by atoms with E-state index in [1.807, 2.05) is 0 Å². The maximum atomic E-state index is 13.9. The normalized spacial score (nSPS) is 13.0. The molecule has 0 spiro atoms. The van der Waals surface area contributed by atoms with Crippen molar-refractivity contribution in [3.05, 3.63) is 94.0 Å². The number of anilines is 4. The number of fused-ring (bicyclic) bond motifs is 2. The predicted molar refractivity (Wildman–Crippen MR) is 152 cm³/mol. The summed E-state index contributed by atoms with van der Waals surface area (Å²) in [6, 6.07) is 12.8. The van der Waals surface area contributed by atoms with Crippen LogP contribution in [0.3, 0.4) is 0 Å². The van der Waals surface area contributed by atoms with Crippen LogP contribution in [0.1, 0.15) is 43.0 Å². The second kappa shape index (κ2) is 9.95. The van der Waals surface area contributed by atoms with Crippen molar-refractivity contribution in [1.29, 1.82) is 0 Å². The van der Waals surface area contributed by atoms with E-state index in [1.54, 1.807) is 26.0 Å². The summed E-state index contributed by atoms with van der Waals surface area (Å²) in [6.07, 6.45) is 0. The van der Waals surface area contributed by atoms with Gasteiger partial charge in [-0.2, -0.15) is 16.8 Å².